The lowest BCUT2D eigenvalue weighted by Gasteiger charge is -2.33. The van der Waals surface area contributed by atoms with Gasteiger partial charge < -0.3 is 15.2 Å². The molecule has 0 bridgehead atoms. The number of benzene rings is 2. The Labute approximate surface area is 216 Å². The maximum absolute atomic E-state index is 15.4. The molecule has 1 fully saturated rings. The molecule has 3 aromatic rings. The van der Waals surface area contributed by atoms with Crippen molar-refractivity contribution in [2.75, 3.05) is 5.32 Å². The zero-order valence-electron chi connectivity index (χ0n) is 21.5. The van der Waals surface area contributed by atoms with E-state index in [0.29, 0.717) is 34.5 Å². The van der Waals surface area contributed by atoms with E-state index in [1.807, 2.05) is 45.0 Å². The van der Waals surface area contributed by atoms with E-state index in [4.69, 9.17) is 9.84 Å². The van der Waals surface area contributed by atoms with Crippen molar-refractivity contribution in [3.63, 3.8) is 0 Å². The smallest absolute Gasteiger partial charge is 0.303 e. The average Bonchev–Trinajstić information content (AvgIpc) is 2.81. The van der Waals surface area contributed by atoms with Gasteiger partial charge in [0.1, 0.15) is 11.6 Å². The summed E-state index contributed by atoms with van der Waals surface area (Å²) in [5, 5.41) is 12.1. The second-order valence-electron chi connectivity index (χ2n) is 9.96. The maximum Gasteiger partial charge on any atom is 0.303 e. The lowest BCUT2D eigenvalue weighted by Crippen LogP contribution is -2.31. The number of carboxylic acids is 1. The molecule has 1 unspecified atom stereocenters. The molecular weight excluding hydrogens is 471 g/mol. The molecule has 4 rings (SSSR count). The second kappa shape index (κ2) is 11.5. The Morgan fingerprint density at radius 2 is 1.95 bits per heavy atom. The molecule has 1 amide bonds. The topological polar surface area (TPSA) is 88.5 Å². The van der Waals surface area contributed by atoms with Crippen molar-refractivity contribution < 1.29 is 23.8 Å². The Morgan fingerprint density at radius 1 is 1.16 bits per heavy atom. The molecule has 2 N–H and O–H groups in total. The monoisotopic (exact) mass is 504 g/mol. The maximum atomic E-state index is 15.4. The van der Waals surface area contributed by atoms with Gasteiger partial charge in [0.15, 0.2) is 0 Å². The van der Waals surface area contributed by atoms with Crippen LogP contribution in [0.5, 0.6) is 5.75 Å². The minimum Gasteiger partial charge on any atom is -0.489 e. The highest BCUT2D eigenvalue weighted by atomic mass is 19.1. The van der Waals surface area contributed by atoms with Gasteiger partial charge in [0.2, 0.25) is 5.91 Å². The molecular formula is C30H33FN2O4. The van der Waals surface area contributed by atoms with Crippen LogP contribution in [-0.4, -0.2) is 28.1 Å². The summed E-state index contributed by atoms with van der Waals surface area (Å²) >= 11 is 0. The Bertz CT molecular complexity index is 1290. The fraction of sp³-hybridized carbons (Fsp3) is 0.367. The third-order valence-corrected chi connectivity index (χ3v) is 6.96. The van der Waals surface area contributed by atoms with Crippen LogP contribution < -0.4 is 10.1 Å². The summed E-state index contributed by atoms with van der Waals surface area (Å²) in [4.78, 5) is 28.7. The molecule has 1 atom stereocenters. The van der Waals surface area contributed by atoms with E-state index >= 15 is 4.39 Å². The SMILES string of the molecule is Cc1c(CCC(=O)O)cccc1NC(=O)C(c1ccc(-c2cncc(OC(C)C)c2)c(F)c1)C1CCC1. The number of anilines is 1. The van der Waals surface area contributed by atoms with Crippen LogP contribution in [0.3, 0.4) is 0 Å². The summed E-state index contributed by atoms with van der Waals surface area (Å²) in [7, 11) is 0. The lowest BCUT2D eigenvalue weighted by molar-refractivity contribution is -0.137. The van der Waals surface area contributed by atoms with E-state index < -0.39 is 17.7 Å². The molecule has 1 aromatic heterocycles. The standard InChI is InChI=1S/C30H33FN2O4/c1-18(2)37-24-14-23(16-32-17-24)25-12-10-22(15-26(25)31)29(21-7-4-8-21)30(36)33-27-9-5-6-20(19(27)3)11-13-28(34)35/h5-6,9-10,12,14-18,21,29H,4,7-8,11,13H2,1-3H3,(H,33,36)(H,34,35). The van der Waals surface area contributed by atoms with Crippen molar-refractivity contribution in [2.24, 2.45) is 5.92 Å². The van der Waals surface area contributed by atoms with Crippen LogP contribution in [-0.2, 0) is 16.0 Å². The third-order valence-electron chi connectivity index (χ3n) is 6.96. The molecule has 1 aliphatic carbocycles. The van der Waals surface area contributed by atoms with Gasteiger partial charge in [0.05, 0.1) is 18.2 Å². The first-order valence-corrected chi connectivity index (χ1v) is 12.8. The van der Waals surface area contributed by atoms with Gasteiger partial charge >= 0.3 is 5.97 Å². The molecule has 1 saturated carbocycles. The molecule has 0 radical (unpaired) electrons. The van der Waals surface area contributed by atoms with Gasteiger partial charge in [-0.1, -0.05) is 30.7 Å². The summed E-state index contributed by atoms with van der Waals surface area (Å²) in [6.45, 7) is 5.72. The van der Waals surface area contributed by atoms with E-state index in [-0.39, 0.29) is 24.3 Å². The van der Waals surface area contributed by atoms with Crippen LogP contribution >= 0.6 is 0 Å². The zero-order chi connectivity index (χ0) is 26.5. The van der Waals surface area contributed by atoms with Gasteiger partial charge in [-0.15, -0.1) is 0 Å². The van der Waals surface area contributed by atoms with Gasteiger partial charge in [-0.05, 0) is 80.8 Å². The highest BCUT2D eigenvalue weighted by molar-refractivity contribution is 5.97. The van der Waals surface area contributed by atoms with Crippen LogP contribution in [0.1, 0.15) is 62.1 Å². The van der Waals surface area contributed by atoms with Crippen molar-refractivity contribution >= 4 is 17.6 Å². The van der Waals surface area contributed by atoms with Gasteiger partial charge in [0, 0.05) is 29.4 Å². The van der Waals surface area contributed by atoms with Gasteiger partial charge in [0.25, 0.3) is 0 Å². The number of hydrogen-bond donors (Lipinski definition) is 2. The van der Waals surface area contributed by atoms with Gasteiger partial charge in [-0.25, -0.2) is 4.39 Å². The van der Waals surface area contributed by atoms with Crippen molar-refractivity contribution in [3.05, 3.63) is 77.4 Å². The van der Waals surface area contributed by atoms with Crippen LogP contribution in [0, 0.1) is 18.7 Å². The fourth-order valence-corrected chi connectivity index (χ4v) is 4.81. The predicted octanol–water partition coefficient (Wildman–Crippen LogP) is 6.52. The number of ether oxygens (including phenoxy) is 1. The molecule has 0 saturated heterocycles. The van der Waals surface area contributed by atoms with Crippen LogP contribution in [0.25, 0.3) is 11.1 Å². The number of hydrogen-bond acceptors (Lipinski definition) is 4. The minimum atomic E-state index is -0.862. The summed E-state index contributed by atoms with van der Waals surface area (Å²) < 4.78 is 21.1. The molecule has 37 heavy (non-hydrogen) atoms. The highest BCUT2D eigenvalue weighted by Gasteiger charge is 2.34. The van der Waals surface area contributed by atoms with E-state index in [9.17, 15) is 9.59 Å². The minimum absolute atomic E-state index is 0.0208. The van der Waals surface area contributed by atoms with E-state index in [1.165, 1.54) is 6.07 Å². The molecule has 0 aliphatic heterocycles. The van der Waals surface area contributed by atoms with Crippen LogP contribution in [0.2, 0.25) is 0 Å². The van der Waals surface area contributed by atoms with E-state index in [1.54, 1.807) is 24.5 Å². The second-order valence-corrected chi connectivity index (χ2v) is 9.96. The summed E-state index contributed by atoms with van der Waals surface area (Å²) in [5.74, 6) is -1.21. The summed E-state index contributed by atoms with van der Waals surface area (Å²) in [6.07, 6.45) is 6.47. The first-order chi connectivity index (χ1) is 17.7. The quantitative estimate of drug-likeness (QED) is 0.328. The molecule has 1 heterocycles. The molecule has 2 aromatic carbocycles. The fourth-order valence-electron chi connectivity index (χ4n) is 4.81. The lowest BCUT2D eigenvalue weighted by atomic mass is 9.72. The number of rotatable bonds is 10. The van der Waals surface area contributed by atoms with Crippen LogP contribution in [0.4, 0.5) is 10.1 Å². The number of carbonyl (C=O) groups is 2. The number of halogens is 1. The first kappa shape index (κ1) is 26.3. The predicted molar refractivity (Wildman–Crippen MR) is 141 cm³/mol. The van der Waals surface area contributed by atoms with Gasteiger partial charge in [-0.3, -0.25) is 14.6 Å². The van der Waals surface area contributed by atoms with Crippen molar-refractivity contribution in [1.82, 2.24) is 4.98 Å². The summed E-state index contributed by atoms with van der Waals surface area (Å²) in [6, 6.07) is 12.3. The normalized spacial score (nSPS) is 14.2. The molecule has 194 valence electrons. The number of nitrogens with one attached hydrogen (secondary N) is 1. The first-order valence-electron chi connectivity index (χ1n) is 12.8. The summed E-state index contributed by atoms with van der Waals surface area (Å²) in [5.41, 5.74) is 4.05. The third kappa shape index (κ3) is 6.34. The Balaban J connectivity index is 1.58. The number of aromatic nitrogens is 1. The zero-order valence-corrected chi connectivity index (χ0v) is 21.5. The number of pyridine rings is 1. The van der Waals surface area contributed by atoms with Crippen molar-refractivity contribution in [1.29, 1.82) is 0 Å². The van der Waals surface area contributed by atoms with E-state index in [2.05, 4.69) is 10.3 Å². The number of carboxylic acid groups (broad SMARTS) is 1. The molecule has 6 nitrogen and oxygen atoms in total. The van der Waals surface area contributed by atoms with Crippen LogP contribution in [0.15, 0.2) is 54.9 Å². The average molecular weight is 505 g/mol. The molecule has 1 aliphatic rings. The largest absolute Gasteiger partial charge is 0.489 e. The van der Waals surface area contributed by atoms with Crippen molar-refractivity contribution in [3.8, 4) is 16.9 Å². The Hall–Kier alpha value is -3.74. The highest BCUT2D eigenvalue weighted by Crippen LogP contribution is 2.41. The number of aryl methyl sites for hydroxylation is 1. The number of aliphatic carboxylic acids is 1. The Morgan fingerprint density at radius 3 is 2.59 bits per heavy atom. The van der Waals surface area contributed by atoms with Gasteiger partial charge in [-0.2, -0.15) is 0 Å². The Kier molecular flexibility index (Phi) is 8.21. The van der Waals surface area contributed by atoms with E-state index in [0.717, 1.165) is 30.4 Å². The molecule has 7 heteroatoms. The van der Waals surface area contributed by atoms with Crippen molar-refractivity contribution in [2.45, 2.75) is 64.9 Å². The number of nitrogens with zero attached hydrogens (tertiary/aromatic N) is 1. The number of carbonyl (C=O) groups excluding carboxylic acids is 1. The molecule has 0 spiro atoms. The number of amides is 1.